The molecule has 0 bridgehead atoms. The van der Waals surface area contributed by atoms with Gasteiger partial charge in [0.05, 0.1) is 0 Å². The van der Waals surface area contributed by atoms with Gasteiger partial charge in [0.15, 0.2) is 0 Å². The Morgan fingerprint density at radius 1 is 0.600 bits per heavy atom. The molecule has 0 heterocycles. The van der Waals surface area contributed by atoms with Crippen molar-refractivity contribution in [3.63, 3.8) is 0 Å². The fourth-order valence-corrected chi connectivity index (χ4v) is 0. The largest absolute Gasteiger partial charge is 0.0683 e. The van der Waals surface area contributed by atoms with Crippen LogP contribution in [0.3, 0.4) is 0 Å². The first-order chi connectivity index (χ1) is 3.41. The molecule has 0 radical (unpaired) electrons. The Kier molecular flexibility index (Phi) is 289. The van der Waals surface area contributed by atoms with E-state index in [9.17, 15) is 0 Å². The molecule has 0 saturated heterocycles. The molecule has 0 aromatic carbocycles. The monoisotopic (exact) mass is 224 g/mol. The van der Waals surface area contributed by atoms with Gasteiger partial charge < -0.3 is 0 Å². The maximum Gasteiger partial charge on any atom is 0 e. The van der Waals surface area contributed by atoms with Crippen LogP contribution in [0.15, 0.2) is 0 Å². The zero-order valence-corrected chi connectivity index (χ0v) is 9.89. The fourth-order valence-electron chi connectivity index (χ4n) is 0. The van der Waals surface area contributed by atoms with Crippen molar-refractivity contribution in [3.8, 4) is 0 Å². The summed E-state index contributed by atoms with van der Waals surface area (Å²) in [5.74, 6) is 0. The van der Waals surface area contributed by atoms with Crippen LogP contribution in [-0.2, 0) is 0 Å². The molecule has 0 unspecified atom stereocenters. The van der Waals surface area contributed by atoms with Crippen LogP contribution >= 0.6 is 0 Å². The minimum absolute atomic E-state index is 0. The number of hydrogen-bond donors (Lipinski definition) is 0. The molecule has 3 heteroatoms. The van der Waals surface area contributed by atoms with Gasteiger partial charge in [-0.15, -0.1) is 0 Å². The molecule has 0 spiro atoms. The second kappa shape index (κ2) is 77.6. The molecule has 0 aliphatic rings. The van der Waals surface area contributed by atoms with E-state index in [2.05, 4.69) is 13.8 Å². The molecular weight excluding hydrogens is 204 g/mol. The maximum atomic E-state index is 2.12. The maximum absolute atomic E-state index is 2.12. The third-order valence-electron chi connectivity index (χ3n) is 0. The molecule has 0 atom stereocenters. The summed E-state index contributed by atoms with van der Waals surface area (Å²) in [5, 5.41) is 0. The SMILES string of the molecule is CC.CC.CCC.[Ar].[Ar].[Ar]. The molecule has 10 heavy (non-hydrogen) atoms. The van der Waals surface area contributed by atoms with Gasteiger partial charge in [-0.3, -0.25) is 0 Å². The predicted molar refractivity (Wildman–Crippen MR) is 38.7 cm³/mol. The second-order valence-corrected chi connectivity index (χ2v) is 0.707. The Balaban J connectivity index is -0.00000000536. The first-order valence-electron chi connectivity index (χ1n) is 3.41. The van der Waals surface area contributed by atoms with E-state index in [1.54, 1.807) is 0 Å². The van der Waals surface area contributed by atoms with Gasteiger partial charge in [0.2, 0.25) is 0 Å². The van der Waals surface area contributed by atoms with Crippen LogP contribution in [0.25, 0.3) is 0 Å². The van der Waals surface area contributed by atoms with Gasteiger partial charge in [-0.2, -0.15) is 0 Å². The van der Waals surface area contributed by atoms with E-state index in [0.717, 1.165) is 0 Å². The van der Waals surface area contributed by atoms with Gasteiger partial charge in [0.1, 0.15) is 0 Å². The van der Waals surface area contributed by atoms with Crippen LogP contribution < -0.4 is 0 Å². The molecule has 0 amide bonds. The zero-order chi connectivity index (χ0) is 6.71. The minimum Gasteiger partial charge on any atom is -0.0683 e. The van der Waals surface area contributed by atoms with Crippen LogP contribution in [0, 0.1) is 113 Å². The molecule has 0 aromatic heterocycles. The Labute approximate surface area is 157 Å². The van der Waals surface area contributed by atoms with Crippen molar-refractivity contribution in [1.29, 1.82) is 0 Å². The van der Waals surface area contributed by atoms with Crippen LogP contribution in [0.2, 0.25) is 0 Å². The first kappa shape index (κ1) is 37.2. The Morgan fingerprint density at radius 3 is 0.600 bits per heavy atom. The van der Waals surface area contributed by atoms with Gasteiger partial charge >= 0.3 is 0 Å². The standard InChI is InChI=1S/C3H8.2C2H6.3Ar/c1-3-2;2*1-2;;;/h3H2,1-2H3;2*1-2H3;;;. The van der Waals surface area contributed by atoms with Crippen molar-refractivity contribution in [3.05, 3.63) is 0 Å². The van der Waals surface area contributed by atoms with E-state index in [1.807, 2.05) is 27.7 Å². The van der Waals surface area contributed by atoms with Crippen molar-refractivity contribution in [2.45, 2.75) is 48.0 Å². The Morgan fingerprint density at radius 2 is 0.600 bits per heavy atom. The number of hydrogen-bond acceptors (Lipinski definition) is 0. The van der Waals surface area contributed by atoms with Crippen molar-refractivity contribution in [1.82, 2.24) is 0 Å². The van der Waals surface area contributed by atoms with E-state index in [4.69, 9.17) is 0 Å². The predicted octanol–water partition coefficient (Wildman–Crippen LogP) is 3.47. The van der Waals surface area contributed by atoms with Gasteiger partial charge in [-0.05, 0) is 0 Å². The summed E-state index contributed by atoms with van der Waals surface area (Å²) in [5.41, 5.74) is 0. The molecule has 0 aliphatic heterocycles. The quantitative estimate of drug-likeness (QED) is 0.591. The van der Waals surface area contributed by atoms with E-state index in [0.29, 0.717) is 0 Å². The summed E-state index contributed by atoms with van der Waals surface area (Å²) in [7, 11) is 0. The molecule has 0 aromatic rings. The van der Waals surface area contributed by atoms with Crippen molar-refractivity contribution < 1.29 is 113 Å². The first-order valence-corrected chi connectivity index (χ1v) is 3.41. The van der Waals surface area contributed by atoms with Crippen LogP contribution in [0.5, 0.6) is 0 Å². The molecule has 0 N–H and O–H groups in total. The molecular formula is C7H20Ar3. The smallest absolute Gasteiger partial charge is 0 e. The van der Waals surface area contributed by atoms with Crippen LogP contribution in [0.4, 0.5) is 0 Å². The van der Waals surface area contributed by atoms with Gasteiger partial charge in [-0.25, -0.2) is 0 Å². The van der Waals surface area contributed by atoms with Gasteiger partial charge in [-0.1, -0.05) is 48.0 Å². The summed E-state index contributed by atoms with van der Waals surface area (Å²) in [6.07, 6.45) is 1.25. The summed E-state index contributed by atoms with van der Waals surface area (Å²) >= 11 is 0. The zero-order valence-electron chi connectivity index (χ0n) is 7.77. The Hall–Kier alpha value is 3.78. The molecule has 0 aliphatic carbocycles. The third kappa shape index (κ3) is 95.8. The number of rotatable bonds is 0. The van der Waals surface area contributed by atoms with E-state index in [1.165, 1.54) is 6.42 Å². The minimum atomic E-state index is 0. The molecule has 0 saturated carbocycles. The van der Waals surface area contributed by atoms with Crippen molar-refractivity contribution in [2.24, 2.45) is 0 Å². The van der Waals surface area contributed by atoms with Gasteiger partial charge in [0.25, 0.3) is 0 Å². The van der Waals surface area contributed by atoms with Crippen molar-refractivity contribution in [2.75, 3.05) is 0 Å². The normalized spacial score (nSPS) is 3.00. The second-order valence-electron chi connectivity index (χ2n) is 0.707. The van der Waals surface area contributed by atoms with Crippen LogP contribution in [-0.4, -0.2) is 0 Å². The molecule has 0 nitrogen and oxygen atoms in total. The van der Waals surface area contributed by atoms with Crippen molar-refractivity contribution >= 4 is 0 Å². The molecule has 0 rings (SSSR count). The van der Waals surface area contributed by atoms with E-state index < -0.39 is 0 Å². The summed E-state index contributed by atoms with van der Waals surface area (Å²) in [6, 6.07) is 0. The summed E-state index contributed by atoms with van der Waals surface area (Å²) in [6.45, 7) is 12.2. The summed E-state index contributed by atoms with van der Waals surface area (Å²) < 4.78 is 0. The average Bonchev–Trinajstić information content (AvgIpc) is 1.78. The average molecular weight is 224 g/mol. The topological polar surface area (TPSA) is 0 Å². The van der Waals surface area contributed by atoms with E-state index in [-0.39, 0.29) is 113 Å². The third-order valence-corrected chi connectivity index (χ3v) is 0. The summed E-state index contributed by atoms with van der Waals surface area (Å²) in [4.78, 5) is 0. The fraction of sp³-hybridized carbons (Fsp3) is 1.00. The van der Waals surface area contributed by atoms with Crippen LogP contribution in [0.1, 0.15) is 48.0 Å². The Bertz CT molecular complexity index is 8.81. The van der Waals surface area contributed by atoms with Gasteiger partial charge in [0, 0.05) is 113 Å². The van der Waals surface area contributed by atoms with E-state index >= 15 is 0 Å². The molecule has 72 valence electrons. The molecule has 0 fully saturated rings.